The van der Waals surface area contributed by atoms with Crippen molar-refractivity contribution in [2.45, 2.75) is 26.7 Å². The number of benzene rings is 1. The Morgan fingerprint density at radius 1 is 1.24 bits per heavy atom. The van der Waals surface area contributed by atoms with Gasteiger partial charge >= 0.3 is 0 Å². The van der Waals surface area contributed by atoms with E-state index in [2.05, 4.69) is 59.7 Å². The first-order chi connectivity index (χ1) is 9.69. The SMILES string of the molecule is C#CCNC(=NCC(c1ccccc1)C(C)C)NCC.I. The van der Waals surface area contributed by atoms with Gasteiger partial charge in [0.05, 0.1) is 6.54 Å². The first-order valence-electron chi connectivity index (χ1n) is 7.19. The van der Waals surface area contributed by atoms with E-state index >= 15 is 0 Å². The highest BCUT2D eigenvalue weighted by molar-refractivity contribution is 14.0. The summed E-state index contributed by atoms with van der Waals surface area (Å²) in [7, 11) is 0. The molecule has 116 valence electrons. The molecule has 1 aromatic carbocycles. The van der Waals surface area contributed by atoms with Crippen LogP contribution in [0.2, 0.25) is 0 Å². The minimum absolute atomic E-state index is 0. The molecule has 0 aliphatic carbocycles. The zero-order valence-corrected chi connectivity index (χ0v) is 15.4. The Hall–Kier alpha value is -1.22. The standard InChI is InChI=1S/C17H25N3.HI/c1-5-12-19-17(18-6-2)20-13-16(14(3)4)15-10-8-7-9-11-15;/h1,7-11,14,16H,6,12-13H2,2-4H3,(H2,18,19,20);1H. The number of rotatable bonds is 6. The van der Waals surface area contributed by atoms with Crippen LogP contribution in [0.4, 0.5) is 0 Å². The van der Waals surface area contributed by atoms with Gasteiger partial charge in [-0.25, -0.2) is 0 Å². The number of terminal acetylenes is 1. The Bertz CT molecular complexity index is 449. The van der Waals surface area contributed by atoms with Gasteiger partial charge in [-0.15, -0.1) is 30.4 Å². The van der Waals surface area contributed by atoms with Crippen LogP contribution in [-0.4, -0.2) is 25.6 Å². The largest absolute Gasteiger partial charge is 0.357 e. The second kappa shape index (κ2) is 11.4. The van der Waals surface area contributed by atoms with Crippen molar-refractivity contribution in [2.75, 3.05) is 19.6 Å². The van der Waals surface area contributed by atoms with Gasteiger partial charge in [-0.1, -0.05) is 50.1 Å². The highest BCUT2D eigenvalue weighted by Gasteiger charge is 2.15. The van der Waals surface area contributed by atoms with Crippen molar-refractivity contribution in [3.8, 4) is 12.3 Å². The first kappa shape index (κ1) is 19.8. The van der Waals surface area contributed by atoms with Crippen molar-refractivity contribution in [2.24, 2.45) is 10.9 Å². The van der Waals surface area contributed by atoms with E-state index in [4.69, 9.17) is 6.42 Å². The topological polar surface area (TPSA) is 36.4 Å². The van der Waals surface area contributed by atoms with Crippen molar-refractivity contribution in [3.63, 3.8) is 0 Å². The molecule has 0 bridgehead atoms. The second-order valence-corrected chi connectivity index (χ2v) is 5.04. The maximum Gasteiger partial charge on any atom is 0.192 e. The van der Waals surface area contributed by atoms with Crippen molar-refractivity contribution in [1.82, 2.24) is 10.6 Å². The summed E-state index contributed by atoms with van der Waals surface area (Å²) in [5.74, 6) is 4.30. The number of hydrogen-bond acceptors (Lipinski definition) is 1. The quantitative estimate of drug-likeness (QED) is 0.334. The lowest BCUT2D eigenvalue weighted by Gasteiger charge is -2.20. The number of halogens is 1. The van der Waals surface area contributed by atoms with Crippen molar-refractivity contribution >= 4 is 29.9 Å². The molecule has 0 spiro atoms. The van der Waals surface area contributed by atoms with Gasteiger partial charge < -0.3 is 10.6 Å². The van der Waals surface area contributed by atoms with E-state index in [1.54, 1.807) is 0 Å². The number of guanidine groups is 1. The Morgan fingerprint density at radius 2 is 1.90 bits per heavy atom. The Balaban J connectivity index is 0.00000400. The summed E-state index contributed by atoms with van der Waals surface area (Å²) in [5, 5.41) is 6.33. The normalized spacial score (nSPS) is 12.2. The molecule has 1 rings (SSSR count). The third-order valence-electron chi connectivity index (χ3n) is 3.18. The van der Waals surface area contributed by atoms with Crippen LogP contribution in [0, 0.1) is 18.3 Å². The van der Waals surface area contributed by atoms with Crippen molar-refractivity contribution in [1.29, 1.82) is 0 Å². The van der Waals surface area contributed by atoms with Crippen molar-refractivity contribution in [3.05, 3.63) is 35.9 Å². The summed E-state index contributed by atoms with van der Waals surface area (Å²) in [6, 6.07) is 10.5. The molecule has 0 aliphatic rings. The molecule has 0 saturated heterocycles. The van der Waals surface area contributed by atoms with Crippen LogP contribution < -0.4 is 10.6 Å². The highest BCUT2D eigenvalue weighted by atomic mass is 127. The molecule has 0 saturated carbocycles. The van der Waals surface area contributed by atoms with E-state index in [1.807, 2.05) is 13.0 Å². The number of nitrogens with one attached hydrogen (secondary N) is 2. The van der Waals surface area contributed by atoms with E-state index in [1.165, 1.54) is 5.56 Å². The summed E-state index contributed by atoms with van der Waals surface area (Å²) in [4.78, 5) is 4.65. The molecule has 1 unspecified atom stereocenters. The summed E-state index contributed by atoms with van der Waals surface area (Å²) < 4.78 is 0. The lowest BCUT2D eigenvalue weighted by molar-refractivity contribution is 0.506. The van der Waals surface area contributed by atoms with E-state index in [0.717, 1.165) is 19.0 Å². The fraction of sp³-hybridized carbons (Fsp3) is 0.471. The van der Waals surface area contributed by atoms with Crippen LogP contribution >= 0.6 is 24.0 Å². The van der Waals surface area contributed by atoms with Crippen LogP contribution in [0.5, 0.6) is 0 Å². The van der Waals surface area contributed by atoms with Gasteiger partial charge in [-0.2, -0.15) is 0 Å². The van der Waals surface area contributed by atoms with E-state index in [0.29, 0.717) is 18.4 Å². The van der Waals surface area contributed by atoms with Crippen LogP contribution in [0.15, 0.2) is 35.3 Å². The Morgan fingerprint density at radius 3 is 2.43 bits per heavy atom. The third kappa shape index (κ3) is 7.37. The maximum absolute atomic E-state index is 5.27. The molecule has 0 aliphatic heterocycles. The van der Waals surface area contributed by atoms with Gasteiger partial charge in [0.15, 0.2) is 5.96 Å². The molecule has 0 radical (unpaired) electrons. The van der Waals surface area contributed by atoms with Crippen molar-refractivity contribution < 1.29 is 0 Å². The molecule has 0 heterocycles. The Kier molecular flexibility index (Phi) is 10.8. The van der Waals surface area contributed by atoms with E-state index < -0.39 is 0 Å². The molecule has 1 atom stereocenters. The van der Waals surface area contributed by atoms with Gasteiger partial charge in [0, 0.05) is 19.0 Å². The fourth-order valence-corrected chi connectivity index (χ4v) is 2.07. The van der Waals surface area contributed by atoms with Gasteiger partial charge in [0.2, 0.25) is 0 Å². The summed E-state index contributed by atoms with van der Waals surface area (Å²) in [6.45, 7) is 8.58. The Labute approximate surface area is 146 Å². The average Bonchev–Trinajstić information content (AvgIpc) is 2.45. The molecule has 0 amide bonds. The minimum atomic E-state index is 0. The summed E-state index contributed by atoms with van der Waals surface area (Å²) >= 11 is 0. The summed E-state index contributed by atoms with van der Waals surface area (Å²) in [6.07, 6.45) is 5.27. The summed E-state index contributed by atoms with van der Waals surface area (Å²) in [5.41, 5.74) is 1.33. The molecular weight excluding hydrogens is 373 g/mol. The molecule has 3 nitrogen and oxygen atoms in total. The highest BCUT2D eigenvalue weighted by Crippen LogP contribution is 2.24. The molecule has 21 heavy (non-hydrogen) atoms. The predicted molar refractivity (Wildman–Crippen MR) is 102 cm³/mol. The lowest BCUT2D eigenvalue weighted by Crippen LogP contribution is -2.37. The molecule has 0 aromatic heterocycles. The third-order valence-corrected chi connectivity index (χ3v) is 3.18. The predicted octanol–water partition coefficient (Wildman–Crippen LogP) is 3.23. The van der Waals surface area contributed by atoms with E-state index in [-0.39, 0.29) is 24.0 Å². The monoisotopic (exact) mass is 399 g/mol. The second-order valence-electron chi connectivity index (χ2n) is 5.04. The zero-order valence-electron chi connectivity index (χ0n) is 13.1. The van der Waals surface area contributed by atoms with Gasteiger partial charge in [0.25, 0.3) is 0 Å². The molecule has 1 aromatic rings. The molecule has 2 N–H and O–H groups in total. The van der Waals surface area contributed by atoms with E-state index in [9.17, 15) is 0 Å². The smallest absolute Gasteiger partial charge is 0.192 e. The van der Waals surface area contributed by atoms with Gasteiger partial charge in [-0.3, -0.25) is 4.99 Å². The fourth-order valence-electron chi connectivity index (χ4n) is 2.07. The number of aliphatic imine (C=N–C) groups is 1. The van der Waals surface area contributed by atoms with Crippen LogP contribution in [0.3, 0.4) is 0 Å². The first-order valence-corrected chi connectivity index (χ1v) is 7.19. The maximum atomic E-state index is 5.27. The van der Waals surface area contributed by atoms with Gasteiger partial charge in [-0.05, 0) is 18.4 Å². The zero-order chi connectivity index (χ0) is 14.8. The van der Waals surface area contributed by atoms with Crippen LogP contribution in [0.25, 0.3) is 0 Å². The lowest BCUT2D eigenvalue weighted by atomic mass is 9.88. The molecule has 4 heteroatoms. The number of nitrogens with zero attached hydrogens (tertiary/aromatic N) is 1. The van der Waals surface area contributed by atoms with Gasteiger partial charge in [0.1, 0.15) is 0 Å². The van der Waals surface area contributed by atoms with Crippen LogP contribution in [-0.2, 0) is 0 Å². The van der Waals surface area contributed by atoms with Crippen LogP contribution in [0.1, 0.15) is 32.3 Å². The minimum Gasteiger partial charge on any atom is -0.357 e. The molecule has 0 fully saturated rings. The number of hydrogen-bond donors (Lipinski definition) is 2. The average molecular weight is 399 g/mol. The molecular formula is C17H26IN3.